The van der Waals surface area contributed by atoms with E-state index in [2.05, 4.69) is 10.5 Å². The van der Waals surface area contributed by atoms with E-state index < -0.39 is 28.3 Å². The molecule has 1 unspecified atom stereocenters. The van der Waals surface area contributed by atoms with E-state index in [1.807, 2.05) is 0 Å². The van der Waals surface area contributed by atoms with E-state index in [0.29, 0.717) is 9.36 Å². The van der Waals surface area contributed by atoms with Gasteiger partial charge in [0.1, 0.15) is 6.20 Å². The standard InChI is InChI=1S/C14H14Cl2N4O4/c1-14(2,16)12(23)19-10(21)7-17-20(13(19)24)18-11(22)8-5-3-4-6-9(8)15/h3-7,12,23H,1-2H3,(H,18,22). The monoisotopic (exact) mass is 372 g/mol. The molecule has 2 rings (SSSR count). The van der Waals surface area contributed by atoms with E-state index in [1.165, 1.54) is 26.0 Å². The Bertz CT molecular complexity index is 885. The first kappa shape index (κ1) is 18.2. The summed E-state index contributed by atoms with van der Waals surface area (Å²) in [5.74, 6) is -0.708. The van der Waals surface area contributed by atoms with E-state index in [4.69, 9.17) is 23.2 Å². The molecule has 2 aromatic rings. The molecule has 0 aliphatic heterocycles. The van der Waals surface area contributed by atoms with E-state index in [1.54, 1.807) is 12.1 Å². The van der Waals surface area contributed by atoms with Crippen LogP contribution < -0.4 is 16.7 Å². The van der Waals surface area contributed by atoms with E-state index in [-0.39, 0.29) is 10.6 Å². The second kappa shape index (κ2) is 6.76. The molecular formula is C14H14Cl2N4O4. The van der Waals surface area contributed by atoms with Gasteiger partial charge in [0.2, 0.25) is 0 Å². The zero-order valence-electron chi connectivity index (χ0n) is 12.7. The fourth-order valence-electron chi connectivity index (χ4n) is 1.83. The predicted molar refractivity (Wildman–Crippen MR) is 89.1 cm³/mol. The number of halogens is 2. The SMILES string of the molecule is CC(C)(Cl)C(O)n1c(=O)cnn(NC(=O)c2ccccc2Cl)c1=O. The summed E-state index contributed by atoms with van der Waals surface area (Å²) < 4.78 is 0.493. The zero-order valence-corrected chi connectivity index (χ0v) is 14.2. The van der Waals surface area contributed by atoms with Gasteiger partial charge in [0.15, 0.2) is 6.23 Å². The summed E-state index contributed by atoms with van der Waals surface area (Å²) in [4.78, 5) is 35.6. The molecule has 0 spiro atoms. The minimum Gasteiger partial charge on any atom is -0.371 e. The van der Waals surface area contributed by atoms with Gasteiger partial charge in [-0.25, -0.2) is 14.8 Å². The van der Waals surface area contributed by atoms with Crippen molar-refractivity contribution in [2.45, 2.75) is 24.9 Å². The van der Waals surface area contributed by atoms with Gasteiger partial charge in [0, 0.05) is 0 Å². The van der Waals surface area contributed by atoms with Crippen molar-refractivity contribution in [3.8, 4) is 0 Å². The quantitative estimate of drug-likeness (QED) is 0.777. The Balaban J connectivity index is 2.43. The first-order chi connectivity index (χ1) is 11.1. The lowest BCUT2D eigenvalue weighted by Gasteiger charge is -2.24. The maximum Gasteiger partial charge on any atom is 0.369 e. The van der Waals surface area contributed by atoms with Crippen molar-refractivity contribution in [1.82, 2.24) is 14.5 Å². The highest BCUT2D eigenvalue weighted by Gasteiger charge is 2.30. The van der Waals surface area contributed by atoms with Gasteiger partial charge in [0.05, 0.1) is 15.5 Å². The maximum absolute atomic E-state index is 12.3. The number of benzene rings is 1. The molecule has 0 saturated carbocycles. The summed E-state index contributed by atoms with van der Waals surface area (Å²) >= 11 is 11.9. The van der Waals surface area contributed by atoms with Crippen molar-refractivity contribution < 1.29 is 9.90 Å². The first-order valence-electron chi connectivity index (χ1n) is 6.76. The number of aliphatic hydroxyl groups is 1. The minimum absolute atomic E-state index is 0.115. The lowest BCUT2D eigenvalue weighted by molar-refractivity contribution is 0.0596. The smallest absolute Gasteiger partial charge is 0.369 e. The van der Waals surface area contributed by atoms with Crippen LogP contribution in [-0.4, -0.2) is 30.3 Å². The van der Waals surface area contributed by atoms with Crippen LogP contribution in [0.25, 0.3) is 0 Å². The molecule has 8 nitrogen and oxygen atoms in total. The molecule has 1 aromatic carbocycles. The third-order valence-corrected chi connectivity index (χ3v) is 3.62. The van der Waals surface area contributed by atoms with Crippen LogP contribution in [0.3, 0.4) is 0 Å². The number of nitrogens with zero attached hydrogens (tertiary/aromatic N) is 3. The summed E-state index contributed by atoms with van der Waals surface area (Å²) in [6, 6.07) is 6.20. The molecule has 1 atom stereocenters. The van der Waals surface area contributed by atoms with E-state index >= 15 is 0 Å². The first-order valence-corrected chi connectivity index (χ1v) is 7.52. The van der Waals surface area contributed by atoms with Gasteiger partial charge in [-0.1, -0.05) is 23.7 Å². The Morgan fingerprint density at radius 2 is 1.96 bits per heavy atom. The minimum atomic E-state index is -1.62. The Hall–Kier alpha value is -2.16. The van der Waals surface area contributed by atoms with Gasteiger partial charge in [-0.15, -0.1) is 16.4 Å². The van der Waals surface area contributed by atoms with Crippen molar-refractivity contribution in [3.05, 3.63) is 61.9 Å². The second-order valence-corrected chi connectivity index (χ2v) is 6.79. The largest absolute Gasteiger partial charge is 0.371 e. The maximum atomic E-state index is 12.3. The van der Waals surface area contributed by atoms with Gasteiger partial charge in [0.25, 0.3) is 11.5 Å². The van der Waals surface area contributed by atoms with Crippen LogP contribution in [-0.2, 0) is 0 Å². The number of alkyl halides is 1. The normalized spacial score (nSPS) is 12.7. The third kappa shape index (κ3) is 3.66. The van der Waals surface area contributed by atoms with Crippen LogP contribution in [0.1, 0.15) is 30.4 Å². The molecule has 1 heterocycles. The van der Waals surface area contributed by atoms with Gasteiger partial charge >= 0.3 is 5.69 Å². The average molecular weight is 373 g/mol. The highest BCUT2D eigenvalue weighted by Crippen LogP contribution is 2.24. The van der Waals surface area contributed by atoms with Crippen molar-refractivity contribution in [2.24, 2.45) is 0 Å². The fraction of sp³-hybridized carbons (Fsp3) is 0.286. The lowest BCUT2D eigenvalue weighted by Crippen LogP contribution is -2.50. The number of hydrogen-bond acceptors (Lipinski definition) is 5. The summed E-state index contributed by atoms with van der Waals surface area (Å²) in [5.41, 5.74) is 0.403. The lowest BCUT2D eigenvalue weighted by atomic mass is 10.2. The molecular weight excluding hydrogens is 359 g/mol. The molecule has 128 valence electrons. The van der Waals surface area contributed by atoms with Gasteiger partial charge in [-0.3, -0.25) is 9.59 Å². The van der Waals surface area contributed by atoms with Crippen LogP contribution >= 0.6 is 23.2 Å². The van der Waals surface area contributed by atoms with Gasteiger partial charge in [-0.2, -0.15) is 5.10 Å². The summed E-state index contributed by atoms with van der Waals surface area (Å²) in [5, 5.41) is 13.8. The molecule has 0 saturated heterocycles. The molecule has 0 aliphatic rings. The van der Waals surface area contributed by atoms with Crippen LogP contribution in [0.4, 0.5) is 0 Å². The number of aromatic nitrogens is 3. The van der Waals surface area contributed by atoms with Crippen molar-refractivity contribution in [1.29, 1.82) is 0 Å². The summed E-state index contributed by atoms with van der Waals surface area (Å²) in [6.45, 7) is 2.86. The predicted octanol–water partition coefficient (Wildman–Crippen LogP) is 0.951. The van der Waals surface area contributed by atoms with Crippen LogP contribution in [0.5, 0.6) is 0 Å². The second-order valence-electron chi connectivity index (χ2n) is 5.41. The molecule has 10 heteroatoms. The molecule has 0 radical (unpaired) electrons. The highest BCUT2D eigenvalue weighted by atomic mass is 35.5. The molecule has 1 amide bonds. The molecule has 0 fully saturated rings. The van der Waals surface area contributed by atoms with Crippen LogP contribution in [0.15, 0.2) is 40.1 Å². The number of carbonyl (C=O) groups is 1. The van der Waals surface area contributed by atoms with Crippen LogP contribution in [0, 0.1) is 0 Å². The third-order valence-electron chi connectivity index (χ3n) is 3.09. The molecule has 1 aromatic heterocycles. The number of aliphatic hydroxyl groups excluding tert-OH is 1. The van der Waals surface area contributed by atoms with Gasteiger partial charge < -0.3 is 5.11 Å². The number of amides is 1. The highest BCUT2D eigenvalue weighted by molar-refractivity contribution is 6.34. The Morgan fingerprint density at radius 1 is 1.33 bits per heavy atom. The number of carbonyl (C=O) groups excluding carboxylic acids is 1. The van der Waals surface area contributed by atoms with Crippen LogP contribution in [0.2, 0.25) is 5.02 Å². The number of rotatable bonds is 4. The van der Waals surface area contributed by atoms with E-state index in [0.717, 1.165) is 6.20 Å². The number of hydrogen-bond donors (Lipinski definition) is 2. The average Bonchev–Trinajstić information content (AvgIpc) is 2.49. The molecule has 24 heavy (non-hydrogen) atoms. The van der Waals surface area contributed by atoms with Gasteiger partial charge in [-0.05, 0) is 26.0 Å². The zero-order chi connectivity index (χ0) is 18.1. The Kier molecular flexibility index (Phi) is 5.12. The Morgan fingerprint density at radius 3 is 2.54 bits per heavy atom. The van der Waals surface area contributed by atoms with Crippen molar-refractivity contribution in [3.63, 3.8) is 0 Å². The summed E-state index contributed by atoms with van der Waals surface area (Å²) in [6.07, 6.45) is -0.842. The molecule has 0 bridgehead atoms. The topological polar surface area (TPSA) is 106 Å². The molecule has 0 aliphatic carbocycles. The van der Waals surface area contributed by atoms with E-state index in [9.17, 15) is 19.5 Å². The van der Waals surface area contributed by atoms with Crippen molar-refractivity contribution >= 4 is 29.1 Å². The summed E-state index contributed by atoms with van der Waals surface area (Å²) in [7, 11) is 0. The fourth-order valence-corrected chi connectivity index (χ4v) is 2.14. The Labute approximate surface area is 146 Å². The molecule has 2 N–H and O–H groups in total. The van der Waals surface area contributed by atoms with Crippen molar-refractivity contribution in [2.75, 3.05) is 5.43 Å². The number of nitrogens with one attached hydrogen (secondary N) is 1.